The zero-order valence-corrected chi connectivity index (χ0v) is 16.3. The zero-order valence-electron chi connectivity index (χ0n) is 16.3. The molecule has 0 amide bonds. The maximum absolute atomic E-state index is 12.6. The molecule has 7 nitrogen and oxygen atoms in total. The summed E-state index contributed by atoms with van der Waals surface area (Å²) < 4.78 is 6.29. The highest BCUT2D eigenvalue weighted by atomic mass is 16.5. The Labute approximate surface area is 171 Å². The van der Waals surface area contributed by atoms with Gasteiger partial charge in [-0.1, -0.05) is 43.3 Å². The Balaban J connectivity index is 1.52. The summed E-state index contributed by atoms with van der Waals surface area (Å²) in [6.45, 7) is 1.62. The summed E-state index contributed by atoms with van der Waals surface area (Å²) in [7, 11) is 0. The van der Waals surface area contributed by atoms with Crippen LogP contribution in [0.2, 0.25) is 0 Å². The maximum atomic E-state index is 12.6. The van der Waals surface area contributed by atoms with Gasteiger partial charge in [0, 0.05) is 28.7 Å². The summed E-state index contributed by atoms with van der Waals surface area (Å²) in [5.74, 6) is -1.10. The summed E-state index contributed by atoms with van der Waals surface area (Å²) in [6.07, 6.45) is 2.47. The number of carbonyl (C=O) groups is 2. The van der Waals surface area contributed by atoms with Gasteiger partial charge >= 0.3 is 5.97 Å². The van der Waals surface area contributed by atoms with Gasteiger partial charge in [-0.15, -0.1) is 0 Å². The number of nitrogens with one attached hydrogen (secondary N) is 1. The third kappa shape index (κ3) is 3.65. The van der Waals surface area contributed by atoms with Crippen molar-refractivity contribution >= 4 is 22.7 Å². The van der Waals surface area contributed by atoms with Crippen molar-refractivity contribution in [3.63, 3.8) is 0 Å². The van der Waals surface area contributed by atoms with Gasteiger partial charge in [0.15, 0.2) is 12.3 Å². The number of hydrogen-bond acceptors (Lipinski definition) is 5. The Morgan fingerprint density at radius 2 is 1.83 bits per heavy atom. The summed E-state index contributed by atoms with van der Waals surface area (Å²) in [6, 6.07) is 17.0. The molecule has 0 fully saturated rings. The van der Waals surface area contributed by atoms with Crippen molar-refractivity contribution < 1.29 is 14.3 Å². The summed E-state index contributed by atoms with van der Waals surface area (Å²) in [5, 5.41) is 4.87. The van der Waals surface area contributed by atoms with Crippen LogP contribution < -0.4 is 5.56 Å². The molecule has 2 aromatic carbocycles. The Bertz CT molecular complexity index is 1290. The average Bonchev–Trinajstić information content (AvgIpc) is 3.22. The molecule has 0 saturated heterocycles. The Hall–Kier alpha value is -4.00. The van der Waals surface area contributed by atoms with E-state index in [1.54, 1.807) is 30.5 Å². The van der Waals surface area contributed by atoms with Crippen LogP contribution in [-0.4, -0.2) is 33.1 Å². The fourth-order valence-electron chi connectivity index (χ4n) is 3.30. The van der Waals surface area contributed by atoms with Crippen LogP contribution >= 0.6 is 0 Å². The van der Waals surface area contributed by atoms with Gasteiger partial charge in [-0.2, -0.15) is 9.78 Å². The van der Waals surface area contributed by atoms with Crippen LogP contribution in [0.25, 0.3) is 16.6 Å². The average molecular weight is 401 g/mol. The van der Waals surface area contributed by atoms with E-state index < -0.39 is 12.6 Å². The number of ketones is 1. The molecule has 4 rings (SSSR count). The quantitative estimate of drug-likeness (QED) is 0.395. The van der Waals surface area contributed by atoms with E-state index in [0.29, 0.717) is 11.3 Å². The number of esters is 1. The first kappa shape index (κ1) is 19.3. The number of H-pyrrole nitrogens is 1. The van der Waals surface area contributed by atoms with Crippen molar-refractivity contribution in [3.8, 4) is 5.69 Å². The van der Waals surface area contributed by atoms with Crippen LogP contribution in [0.5, 0.6) is 0 Å². The minimum atomic E-state index is -0.776. The van der Waals surface area contributed by atoms with E-state index in [2.05, 4.69) is 10.1 Å². The van der Waals surface area contributed by atoms with E-state index in [9.17, 15) is 14.4 Å². The summed E-state index contributed by atoms with van der Waals surface area (Å²) >= 11 is 0. The van der Waals surface area contributed by atoms with Gasteiger partial charge in [-0.25, -0.2) is 4.79 Å². The molecular formula is C23H19N3O4. The SMILES string of the molecule is CCc1cccc2c(C(=O)COC(=O)c3ccc(=O)n(-c4ccccc4)n3)c[nH]c12. The van der Waals surface area contributed by atoms with Gasteiger partial charge in [0.05, 0.1) is 5.69 Å². The number of ether oxygens (including phenoxy) is 1. The number of aromatic nitrogens is 3. The van der Waals surface area contributed by atoms with Crippen LogP contribution in [0.1, 0.15) is 33.3 Å². The maximum Gasteiger partial charge on any atom is 0.359 e. The topological polar surface area (TPSA) is 94.1 Å². The highest BCUT2D eigenvalue weighted by Crippen LogP contribution is 2.22. The summed E-state index contributed by atoms with van der Waals surface area (Å²) in [5.41, 5.74) is 2.58. The van der Waals surface area contributed by atoms with Crippen LogP contribution in [0.15, 0.2) is 71.7 Å². The fraction of sp³-hybridized carbons (Fsp3) is 0.130. The van der Waals surface area contributed by atoms with Crippen LogP contribution in [-0.2, 0) is 11.2 Å². The highest BCUT2D eigenvalue weighted by Gasteiger charge is 2.18. The van der Waals surface area contributed by atoms with Gasteiger partial charge in [0.25, 0.3) is 5.56 Å². The van der Waals surface area contributed by atoms with Gasteiger partial charge < -0.3 is 9.72 Å². The van der Waals surface area contributed by atoms with Crippen molar-refractivity contribution in [2.75, 3.05) is 6.61 Å². The van der Waals surface area contributed by atoms with Gasteiger partial charge in [0.2, 0.25) is 5.78 Å². The second kappa shape index (κ2) is 8.16. The lowest BCUT2D eigenvalue weighted by atomic mass is 10.1. The number of aromatic amines is 1. The molecule has 150 valence electrons. The lowest BCUT2D eigenvalue weighted by Gasteiger charge is -2.07. The van der Waals surface area contributed by atoms with E-state index in [4.69, 9.17) is 4.74 Å². The molecule has 0 unspecified atom stereocenters. The number of hydrogen-bond donors (Lipinski definition) is 1. The largest absolute Gasteiger partial charge is 0.453 e. The predicted molar refractivity (Wildman–Crippen MR) is 112 cm³/mol. The Morgan fingerprint density at radius 1 is 1.03 bits per heavy atom. The Kier molecular flexibility index (Phi) is 5.26. The molecule has 0 spiro atoms. The van der Waals surface area contributed by atoms with E-state index >= 15 is 0 Å². The molecule has 30 heavy (non-hydrogen) atoms. The molecule has 0 saturated carbocycles. The lowest BCUT2D eigenvalue weighted by molar-refractivity contribution is 0.0467. The molecule has 0 radical (unpaired) electrons. The first-order chi connectivity index (χ1) is 14.6. The number of nitrogens with zero attached hydrogens (tertiary/aromatic N) is 2. The fourth-order valence-corrected chi connectivity index (χ4v) is 3.30. The number of benzene rings is 2. The van der Waals surface area contributed by atoms with Crippen molar-refractivity contribution in [3.05, 3.63) is 94.0 Å². The minimum Gasteiger partial charge on any atom is -0.453 e. The predicted octanol–water partition coefficient (Wildman–Crippen LogP) is 3.32. The van der Waals surface area contributed by atoms with Crippen molar-refractivity contribution in [2.24, 2.45) is 0 Å². The second-order valence-electron chi connectivity index (χ2n) is 6.70. The summed E-state index contributed by atoms with van der Waals surface area (Å²) in [4.78, 5) is 40.3. The molecule has 2 heterocycles. The van der Waals surface area contributed by atoms with E-state index in [-0.39, 0.29) is 17.0 Å². The van der Waals surface area contributed by atoms with Crippen LogP contribution in [0, 0.1) is 0 Å². The number of fused-ring (bicyclic) bond motifs is 1. The van der Waals surface area contributed by atoms with Crippen molar-refractivity contribution in [1.82, 2.24) is 14.8 Å². The van der Waals surface area contributed by atoms with E-state index in [0.717, 1.165) is 27.6 Å². The highest BCUT2D eigenvalue weighted by molar-refractivity contribution is 6.09. The van der Waals surface area contributed by atoms with Gasteiger partial charge in [-0.05, 0) is 30.2 Å². The van der Waals surface area contributed by atoms with Crippen molar-refractivity contribution in [1.29, 1.82) is 0 Å². The number of aryl methyl sites for hydroxylation is 1. The Morgan fingerprint density at radius 3 is 2.60 bits per heavy atom. The lowest BCUT2D eigenvalue weighted by Crippen LogP contribution is -2.24. The van der Waals surface area contributed by atoms with Crippen molar-refractivity contribution in [2.45, 2.75) is 13.3 Å². The molecule has 0 atom stereocenters. The standard InChI is InChI=1S/C23H19N3O4/c1-2-15-7-6-10-17-18(13-24-22(15)17)20(27)14-30-23(29)19-11-12-21(28)26(25-19)16-8-4-3-5-9-16/h3-13,24H,2,14H2,1H3. The van der Waals surface area contributed by atoms with Crippen LogP contribution in [0.3, 0.4) is 0 Å². The molecule has 7 heteroatoms. The third-order valence-corrected chi connectivity index (χ3v) is 4.83. The molecule has 0 bridgehead atoms. The van der Waals surface area contributed by atoms with E-state index in [1.807, 2.05) is 31.2 Å². The van der Waals surface area contributed by atoms with Crippen LogP contribution in [0.4, 0.5) is 0 Å². The van der Waals surface area contributed by atoms with Gasteiger partial charge in [0.1, 0.15) is 0 Å². The molecule has 0 aliphatic carbocycles. The second-order valence-corrected chi connectivity index (χ2v) is 6.70. The molecule has 1 N–H and O–H groups in total. The minimum absolute atomic E-state index is 0.0570. The third-order valence-electron chi connectivity index (χ3n) is 4.83. The first-order valence-corrected chi connectivity index (χ1v) is 9.53. The molecular weight excluding hydrogens is 382 g/mol. The number of para-hydroxylation sites is 2. The molecule has 0 aliphatic heterocycles. The van der Waals surface area contributed by atoms with E-state index in [1.165, 1.54) is 12.1 Å². The number of rotatable bonds is 6. The number of carbonyl (C=O) groups excluding carboxylic acids is 2. The monoisotopic (exact) mass is 401 g/mol. The van der Waals surface area contributed by atoms with Gasteiger partial charge in [-0.3, -0.25) is 9.59 Å². The smallest absolute Gasteiger partial charge is 0.359 e. The first-order valence-electron chi connectivity index (χ1n) is 9.53. The normalized spacial score (nSPS) is 10.8. The molecule has 2 aromatic heterocycles. The zero-order chi connectivity index (χ0) is 21.1. The molecule has 0 aliphatic rings. The number of Topliss-reactive ketones (excluding diaryl/α,β-unsaturated/α-hetero) is 1. The molecule has 4 aromatic rings.